The van der Waals surface area contributed by atoms with Gasteiger partial charge in [0.15, 0.2) is 0 Å². The van der Waals surface area contributed by atoms with Crippen molar-refractivity contribution in [2.45, 2.75) is 80.4 Å². The van der Waals surface area contributed by atoms with Crippen LogP contribution in [0.25, 0.3) is 0 Å². The van der Waals surface area contributed by atoms with Gasteiger partial charge in [0.25, 0.3) is 0 Å². The molecular weight excluding hydrogens is 444 g/mol. The van der Waals surface area contributed by atoms with Gasteiger partial charge in [-0.25, -0.2) is 0 Å². The summed E-state index contributed by atoms with van der Waals surface area (Å²) in [5, 5.41) is 0. The highest BCUT2D eigenvalue weighted by atomic mass is 16.5. The van der Waals surface area contributed by atoms with E-state index in [1.54, 1.807) is 6.08 Å². The van der Waals surface area contributed by atoms with Gasteiger partial charge in [-0.2, -0.15) is 0 Å². The number of hydrogen-bond acceptors (Lipinski definition) is 3. The van der Waals surface area contributed by atoms with Crippen LogP contribution in [0.4, 0.5) is 0 Å². The van der Waals surface area contributed by atoms with Gasteiger partial charge in [0.05, 0.1) is 0 Å². The lowest BCUT2D eigenvalue weighted by molar-refractivity contribution is 0.102. The quantitative estimate of drug-likeness (QED) is 0.283. The summed E-state index contributed by atoms with van der Waals surface area (Å²) in [5.41, 5.74) is 7.89. The summed E-state index contributed by atoms with van der Waals surface area (Å²) >= 11 is 0. The van der Waals surface area contributed by atoms with Gasteiger partial charge in [-0.3, -0.25) is 0 Å². The van der Waals surface area contributed by atoms with Crippen LogP contribution in [-0.2, 0) is 11.2 Å². The minimum absolute atomic E-state index is 0.490. The van der Waals surface area contributed by atoms with Crippen molar-refractivity contribution >= 4 is 0 Å². The molecule has 0 saturated carbocycles. The van der Waals surface area contributed by atoms with Crippen molar-refractivity contribution in [2.75, 3.05) is 6.61 Å². The molecule has 3 rings (SSSR count). The first-order valence-electron chi connectivity index (χ1n) is 12.7. The topological polar surface area (TPSA) is 27.7 Å². The van der Waals surface area contributed by atoms with E-state index in [9.17, 15) is 0 Å². The van der Waals surface area contributed by atoms with Crippen molar-refractivity contribution in [3.8, 4) is 17.2 Å². The van der Waals surface area contributed by atoms with E-state index in [-0.39, 0.29) is 0 Å². The zero-order valence-corrected chi connectivity index (χ0v) is 23.8. The van der Waals surface area contributed by atoms with Crippen molar-refractivity contribution in [1.29, 1.82) is 0 Å². The third-order valence-corrected chi connectivity index (χ3v) is 6.78. The fraction of sp³-hybridized carbons (Fsp3) is 0.394. The Balaban J connectivity index is 1.91. The summed E-state index contributed by atoms with van der Waals surface area (Å²) in [6.45, 7) is 25.3. The van der Waals surface area contributed by atoms with Crippen LogP contribution in [0.3, 0.4) is 0 Å². The summed E-state index contributed by atoms with van der Waals surface area (Å²) in [7, 11) is 0. The van der Waals surface area contributed by atoms with Crippen molar-refractivity contribution in [3.05, 3.63) is 99.6 Å². The molecule has 0 N–H and O–H groups in total. The van der Waals surface area contributed by atoms with E-state index in [0.717, 1.165) is 61.8 Å². The van der Waals surface area contributed by atoms with E-state index in [4.69, 9.17) is 14.2 Å². The largest absolute Gasteiger partial charge is 0.489 e. The van der Waals surface area contributed by atoms with Gasteiger partial charge in [0.2, 0.25) is 0 Å². The minimum Gasteiger partial charge on any atom is -0.489 e. The normalized spacial score (nSPS) is 11.8. The maximum atomic E-state index is 6.71. The number of benzene rings is 3. The Morgan fingerprint density at radius 2 is 0.972 bits per heavy atom. The van der Waals surface area contributed by atoms with E-state index in [2.05, 4.69) is 118 Å². The molecule has 0 unspecified atom stereocenters. The molecule has 3 aromatic carbocycles. The molecule has 0 aliphatic heterocycles. The fourth-order valence-electron chi connectivity index (χ4n) is 4.71. The van der Waals surface area contributed by atoms with Gasteiger partial charge in [-0.15, -0.1) is 0 Å². The third kappa shape index (κ3) is 5.78. The molecule has 0 aliphatic rings. The Morgan fingerprint density at radius 1 is 0.611 bits per heavy atom. The maximum absolute atomic E-state index is 6.71. The number of ether oxygens (including phenoxy) is 3. The maximum Gasteiger partial charge on any atom is 0.128 e. The van der Waals surface area contributed by atoms with Crippen LogP contribution < -0.4 is 14.2 Å². The molecule has 0 aliphatic carbocycles. The second-order valence-electron chi connectivity index (χ2n) is 10.9. The monoisotopic (exact) mass is 486 g/mol. The molecule has 0 fully saturated rings. The molecule has 0 aromatic heterocycles. The van der Waals surface area contributed by atoms with E-state index in [0.29, 0.717) is 6.61 Å². The Kier molecular flexibility index (Phi) is 7.93. The number of aryl methyl sites for hydroxylation is 6. The zero-order valence-electron chi connectivity index (χ0n) is 23.8. The summed E-state index contributed by atoms with van der Waals surface area (Å²) in [6.07, 6.45) is 1.77. The second kappa shape index (κ2) is 10.4. The predicted molar refractivity (Wildman–Crippen MR) is 151 cm³/mol. The summed E-state index contributed by atoms with van der Waals surface area (Å²) in [5.74, 6) is 2.77. The van der Waals surface area contributed by atoms with E-state index < -0.39 is 11.2 Å². The smallest absolute Gasteiger partial charge is 0.128 e. The average Bonchev–Trinajstić information content (AvgIpc) is 2.78. The first-order valence-corrected chi connectivity index (χ1v) is 12.7. The van der Waals surface area contributed by atoms with Crippen LogP contribution in [0.15, 0.2) is 55.1 Å². The molecule has 0 saturated heterocycles. The number of hydrogen-bond donors (Lipinski definition) is 0. The molecule has 0 heterocycles. The molecular formula is C33H42O3. The van der Waals surface area contributed by atoms with E-state index >= 15 is 0 Å². The van der Waals surface area contributed by atoms with Crippen LogP contribution in [0.5, 0.6) is 17.2 Å². The molecule has 3 heteroatoms. The van der Waals surface area contributed by atoms with Crippen molar-refractivity contribution in [2.24, 2.45) is 0 Å². The second-order valence-corrected chi connectivity index (χ2v) is 10.9. The van der Waals surface area contributed by atoms with Crippen molar-refractivity contribution in [3.63, 3.8) is 0 Å². The Bertz CT molecular complexity index is 1200. The van der Waals surface area contributed by atoms with E-state index in [1.807, 2.05) is 0 Å². The lowest BCUT2D eigenvalue weighted by atomic mass is 9.91. The molecule has 3 nitrogen and oxygen atoms in total. The summed E-state index contributed by atoms with van der Waals surface area (Å²) < 4.78 is 19.2. The van der Waals surface area contributed by atoms with Crippen molar-refractivity contribution in [1.82, 2.24) is 0 Å². The molecule has 0 bridgehead atoms. The SMILES string of the molecule is C=CCOc1c(C)cc(C(C)(C)Oc2c(C)cc(C(C)(C)Oc3c(C)cccc3C)cc2C)cc1C. The highest BCUT2D eigenvalue weighted by Crippen LogP contribution is 2.39. The van der Waals surface area contributed by atoms with Crippen LogP contribution in [-0.4, -0.2) is 6.61 Å². The van der Waals surface area contributed by atoms with Gasteiger partial charge in [-0.1, -0.05) is 30.9 Å². The van der Waals surface area contributed by atoms with Gasteiger partial charge >= 0.3 is 0 Å². The number of rotatable bonds is 9. The lowest BCUT2D eigenvalue weighted by Crippen LogP contribution is -2.28. The third-order valence-electron chi connectivity index (χ3n) is 6.78. The van der Waals surface area contributed by atoms with E-state index in [1.165, 1.54) is 0 Å². The predicted octanol–water partition coefficient (Wildman–Crippen LogP) is 8.73. The Hall–Kier alpha value is -3.20. The van der Waals surface area contributed by atoms with Crippen molar-refractivity contribution < 1.29 is 14.2 Å². The highest BCUT2D eigenvalue weighted by molar-refractivity contribution is 5.49. The molecule has 0 spiro atoms. The lowest BCUT2D eigenvalue weighted by Gasteiger charge is -2.32. The van der Waals surface area contributed by atoms with Gasteiger partial charge in [0.1, 0.15) is 35.1 Å². The molecule has 0 atom stereocenters. The Labute approximate surface area is 218 Å². The first kappa shape index (κ1) is 27.4. The summed E-state index contributed by atoms with van der Waals surface area (Å²) in [4.78, 5) is 0. The van der Waals surface area contributed by atoms with Crippen LogP contribution in [0.1, 0.15) is 72.2 Å². The molecule has 36 heavy (non-hydrogen) atoms. The highest BCUT2D eigenvalue weighted by Gasteiger charge is 2.29. The van der Waals surface area contributed by atoms with Crippen LogP contribution >= 0.6 is 0 Å². The molecule has 3 aromatic rings. The molecule has 192 valence electrons. The number of para-hydroxylation sites is 1. The average molecular weight is 487 g/mol. The Morgan fingerprint density at radius 3 is 1.36 bits per heavy atom. The standard InChI is InChI=1S/C33H42O3/c1-12-16-34-29-23(4)17-27(18-24(29)5)33(10,11)36-31-25(6)19-28(20-26(31)7)32(8,9)35-30-21(2)14-13-15-22(30)3/h12-15,17-20H,1,16H2,2-11H3. The van der Waals surface area contributed by atoms with Gasteiger partial charge in [0, 0.05) is 0 Å². The molecule has 0 amide bonds. The van der Waals surface area contributed by atoms with Crippen LogP contribution in [0, 0.1) is 41.5 Å². The fourth-order valence-corrected chi connectivity index (χ4v) is 4.71. The summed E-state index contributed by atoms with van der Waals surface area (Å²) in [6, 6.07) is 14.9. The first-order chi connectivity index (χ1) is 16.8. The van der Waals surface area contributed by atoms with Gasteiger partial charge in [-0.05, 0) is 138 Å². The van der Waals surface area contributed by atoms with Gasteiger partial charge < -0.3 is 14.2 Å². The minimum atomic E-state index is -0.520. The zero-order chi connectivity index (χ0) is 26.8. The molecule has 0 radical (unpaired) electrons. The van der Waals surface area contributed by atoms with Crippen LogP contribution in [0.2, 0.25) is 0 Å².